The van der Waals surface area contributed by atoms with Crippen LogP contribution in [0.2, 0.25) is 5.02 Å². The lowest BCUT2D eigenvalue weighted by atomic mass is 9.50. The van der Waals surface area contributed by atoms with Gasteiger partial charge in [0.2, 0.25) is 5.91 Å². The Morgan fingerprint density at radius 3 is 2.32 bits per heavy atom. The highest BCUT2D eigenvalue weighted by Crippen LogP contribution is 2.60. The van der Waals surface area contributed by atoms with E-state index >= 15 is 0 Å². The zero-order valence-corrected chi connectivity index (χ0v) is 20.4. The van der Waals surface area contributed by atoms with Crippen molar-refractivity contribution in [2.24, 2.45) is 11.8 Å². The molecule has 4 aliphatic carbocycles. The number of carbonyl (C=O) groups excluding carboxylic acids is 1. The molecule has 4 bridgehead atoms. The van der Waals surface area contributed by atoms with Gasteiger partial charge >= 0.3 is 0 Å². The smallest absolute Gasteiger partial charge is 0.288 e. The molecule has 2 aromatic rings. The number of aromatic nitrogens is 2. The third kappa shape index (κ3) is 3.60. The van der Waals surface area contributed by atoms with Crippen LogP contribution in [0, 0.1) is 11.8 Å². The van der Waals surface area contributed by atoms with Gasteiger partial charge in [0.1, 0.15) is 5.02 Å². The van der Waals surface area contributed by atoms with Crippen molar-refractivity contribution in [3.63, 3.8) is 0 Å². The van der Waals surface area contributed by atoms with Crippen molar-refractivity contribution >= 4 is 28.9 Å². The number of hydrogen-bond donors (Lipinski definition) is 1. The van der Waals surface area contributed by atoms with E-state index in [0.29, 0.717) is 11.8 Å². The second-order valence-electron chi connectivity index (χ2n) is 11.0. The summed E-state index contributed by atoms with van der Waals surface area (Å²) in [5.41, 5.74) is 1.20. The van der Waals surface area contributed by atoms with E-state index in [1.54, 1.807) is 17.8 Å². The minimum Gasteiger partial charge on any atom is -0.368 e. The third-order valence-corrected chi connectivity index (χ3v) is 8.92. The molecule has 5 fully saturated rings. The lowest BCUT2D eigenvalue weighted by Gasteiger charge is -2.61. The first kappa shape index (κ1) is 22.0. The van der Waals surface area contributed by atoms with E-state index in [1.165, 1.54) is 12.1 Å². The van der Waals surface area contributed by atoms with Crippen LogP contribution in [0.3, 0.4) is 0 Å². The predicted molar refractivity (Wildman–Crippen MR) is 134 cm³/mol. The summed E-state index contributed by atoms with van der Waals surface area (Å²) in [6, 6.07) is 10.4. The molecular formula is C26H32ClN5O2. The molecule has 5 aliphatic rings. The van der Waals surface area contributed by atoms with E-state index in [-0.39, 0.29) is 27.6 Å². The molecule has 1 aromatic carbocycles. The minimum absolute atomic E-state index is 0.0143. The van der Waals surface area contributed by atoms with Crippen molar-refractivity contribution in [1.82, 2.24) is 15.1 Å². The Kier molecular flexibility index (Phi) is 5.17. The molecule has 34 heavy (non-hydrogen) atoms. The first-order valence-electron chi connectivity index (χ1n) is 12.5. The molecule has 4 atom stereocenters. The quantitative estimate of drug-likeness (QED) is 0.724. The highest BCUT2D eigenvalue weighted by Gasteiger charge is 2.59. The van der Waals surface area contributed by atoms with Crippen LogP contribution in [0.5, 0.6) is 0 Å². The van der Waals surface area contributed by atoms with Gasteiger partial charge in [-0.25, -0.2) is 4.68 Å². The number of rotatable bonds is 4. The fraction of sp³-hybridized carbons (Fsp3) is 0.577. The fourth-order valence-electron chi connectivity index (χ4n) is 7.81. The number of carbonyl (C=O) groups is 1. The Morgan fingerprint density at radius 2 is 1.68 bits per heavy atom. The number of para-hydroxylation sites is 1. The van der Waals surface area contributed by atoms with Gasteiger partial charge in [-0.1, -0.05) is 29.8 Å². The summed E-state index contributed by atoms with van der Waals surface area (Å²) in [6.45, 7) is 4.92. The fourth-order valence-corrected chi connectivity index (χ4v) is 8.06. The van der Waals surface area contributed by atoms with Gasteiger partial charge in [0.05, 0.1) is 17.4 Å². The van der Waals surface area contributed by atoms with Gasteiger partial charge in [0, 0.05) is 44.3 Å². The molecule has 8 heteroatoms. The van der Waals surface area contributed by atoms with E-state index in [4.69, 9.17) is 16.7 Å². The number of halogens is 1. The summed E-state index contributed by atoms with van der Waals surface area (Å²) in [7, 11) is 0. The van der Waals surface area contributed by atoms with Gasteiger partial charge in [-0.05, 0) is 62.5 Å². The molecule has 0 spiro atoms. The van der Waals surface area contributed by atoms with Crippen molar-refractivity contribution in [3.8, 4) is 0 Å². The maximum atomic E-state index is 13.6. The van der Waals surface area contributed by atoms with Gasteiger partial charge in [-0.3, -0.25) is 9.59 Å². The zero-order chi connectivity index (χ0) is 23.5. The van der Waals surface area contributed by atoms with Crippen LogP contribution in [0.15, 0.2) is 41.3 Å². The Morgan fingerprint density at radius 1 is 1.03 bits per heavy atom. The number of nitrogens with one attached hydrogen (secondary N) is 1. The number of amides is 1. The summed E-state index contributed by atoms with van der Waals surface area (Å²) < 4.78 is 1.69. The standard InChI is InChI=1S/C26H32ClN5O2/c1-18(33)29-25-12-19-11-20(13-25)15-26(14-19,17-25)32-24(34)23(27)22(16-28-32)31-9-7-30(8-10-31)21-5-3-2-4-6-21/h2-6,16,19-20H,7-15,17H2,1H3,(H,29,33)/t19-,20+,25?,26?. The molecule has 180 valence electrons. The maximum absolute atomic E-state index is 13.6. The van der Waals surface area contributed by atoms with Crippen molar-refractivity contribution in [3.05, 3.63) is 51.9 Å². The van der Waals surface area contributed by atoms with E-state index in [2.05, 4.69) is 39.4 Å². The topological polar surface area (TPSA) is 70.5 Å². The monoisotopic (exact) mass is 481 g/mol. The van der Waals surface area contributed by atoms with Crippen LogP contribution in [-0.2, 0) is 10.3 Å². The molecule has 1 saturated heterocycles. The van der Waals surface area contributed by atoms with Crippen molar-refractivity contribution in [1.29, 1.82) is 0 Å². The van der Waals surface area contributed by atoms with E-state index in [9.17, 15) is 9.59 Å². The largest absolute Gasteiger partial charge is 0.368 e. The van der Waals surface area contributed by atoms with Crippen molar-refractivity contribution in [2.45, 2.75) is 56.5 Å². The Labute approximate surface area is 205 Å². The average Bonchev–Trinajstić information content (AvgIpc) is 2.80. The lowest BCUT2D eigenvalue weighted by molar-refractivity contribution is -0.128. The first-order chi connectivity index (χ1) is 16.4. The number of anilines is 2. The summed E-state index contributed by atoms with van der Waals surface area (Å²) in [4.78, 5) is 30.1. The second kappa shape index (κ2) is 8.01. The Hall–Kier alpha value is -2.54. The third-order valence-electron chi connectivity index (χ3n) is 8.56. The van der Waals surface area contributed by atoms with Crippen LogP contribution in [-0.4, -0.2) is 47.4 Å². The molecule has 0 radical (unpaired) electrons. The summed E-state index contributed by atoms with van der Waals surface area (Å²) in [6.07, 6.45) is 7.67. The number of piperazine rings is 1. The van der Waals surface area contributed by atoms with Crippen LogP contribution in [0.25, 0.3) is 0 Å². The summed E-state index contributed by atoms with van der Waals surface area (Å²) in [5.74, 6) is 1.05. The average molecular weight is 482 g/mol. The summed E-state index contributed by atoms with van der Waals surface area (Å²) in [5, 5.41) is 8.28. The zero-order valence-electron chi connectivity index (χ0n) is 19.7. The van der Waals surface area contributed by atoms with Crippen molar-refractivity contribution in [2.75, 3.05) is 36.0 Å². The molecule has 2 heterocycles. The Balaban J connectivity index is 1.26. The minimum atomic E-state index is -0.349. The van der Waals surface area contributed by atoms with Gasteiger partial charge in [-0.2, -0.15) is 5.10 Å². The molecule has 1 N–H and O–H groups in total. The Bertz CT molecular complexity index is 1140. The molecular weight excluding hydrogens is 450 g/mol. The maximum Gasteiger partial charge on any atom is 0.288 e. The van der Waals surface area contributed by atoms with Gasteiger partial charge in [0.15, 0.2) is 0 Å². The SMILES string of the molecule is CC(=O)NC12C[C@H]3C[C@@H](C1)CC(n1ncc(N4CCN(c5ccccc5)CC4)c(Cl)c1=O)(C3)C2. The lowest BCUT2D eigenvalue weighted by Crippen LogP contribution is -2.67. The number of nitrogens with zero attached hydrogens (tertiary/aromatic N) is 4. The van der Waals surface area contributed by atoms with Gasteiger partial charge < -0.3 is 15.1 Å². The molecule has 4 saturated carbocycles. The second-order valence-corrected chi connectivity index (χ2v) is 11.4. The molecule has 2 unspecified atom stereocenters. The molecule has 7 rings (SSSR count). The van der Waals surface area contributed by atoms with E-state index in [0.717, 1.165) is 64.0 Å². The van der Waals surface area contributed by atoms with Crippen LogP contribution in [0.1, 0.15) is 45.4 Å². The highest BCUT2D eigenvalue weighted by molar-refractivity contribution is 6.33. The van der Waals surface area contributed by atoms with E-state index < -0.39 is 0 Å². The number of hydrogen-bond acceptors (Lipinski definition) is 5. The van der Waals surface area contributed by atoms with E-state index in [1.807, 2.05) is 6.07 Å². The van der Waals surface area contributed by atoms with Crippen LogP contribution >= 0.6 is 11.6 Å². The highest BCUT2D eigenvalue weighted by atomic mass is 35.5. The molecule has 1 aromatic heterocycles. The molecule has 1 aliphatic heterocycles. The van der Waals surface area contributed by atoms with Crippen LogP contribution in [0.4, 0.5) is 11.4 Å². The normalized spacial score (nSPS) is 32.2. The first-order valence-corrected chi connectivity index (χ1v) is 12.9. The predicted octanol–water partition coefficient (Wildman–Crippen LogP) is 3.41. The number of benzene rings is 1. The van der Waals surface area contributed by atoms with Gasteiger partial charge in [-0.15, -0.1) is 0 Å². The molecule has 1 amide bonds. The summed E-state index contributed by atoms with van der Waals surface area (Å²) >= 11 is 6.75. The van der Waals surface area contributed by atoms with Crippen LogP contribution < -0.4 is 20.7 Å². The van der Waals surface area contributed by atoms with Crippen molar-refractivity contribution < 1.29 is 4.79 Å². The molecule has 7 nitrogen and oxygen atoms in total. The van der Waals surface area contributed by atoms with Gasteiger partial charge in [0.25, 0.3) is 5.56 Å².